The van der Waals surface area contributed by atoms with Gasteiger partial charge in [-0.2, -0.15) is 0 Å². The van der Waals surface area contributed by atoms with E-state index in [1.807, 2.05) is 7.05 Å². The molecule has 2 nitrogen and oxygen atoms in total. The summed E-state index contributed by atoms with van der Waals surface area (Å²) < 4.78 is 1.13. The zero-order chi connectivity index (χ0) is 13.1. The van der Waals surface area contributed by atoms with Crippen molar-refractivity contribution in [1.82, 2.24) is 5.32 Å². The Kier molecular flexibility index (Phi) is 5.17. The predicted molar refractivity (Wildman–Crippen MR) is 78.1 cm³/mol. The molecule has 0 bridgehead atoms. The van der Waals surface area contributed by atoms with Gasteiger partial charge in [-0.1, -0.05) is 35.8 Å². The van der Waals surface area contributed by atoms with Crippen LogP contribution in [-0.4, -0.2) is 13.6 Å². The molecule has 0 saturated carbocycles. The topological polar surface area (TPSA) is 38.0 Å². The van der Waals surface area contributed by atoms with Crippen molar-refractivity contribution in [1.29, 1.82) is 0 Å². The molecule has 0 radical (unpaired) electrons. The highest BCUT2D eigenvalue weighted by Crippen LogP contribution is 2.31. The summed E-state index contributed by atoms with van der Waals surface area (Å²) in [6.45, 7) is 7.29. The first-order valence-corrected chi connectivity index (χ1v) is 6.82. The molecule has 0 spiro atoms. The predicted octanol–water partition coefficient (Wildman–Crippen LogP) is 3.39. The third-order valence-corrected chi connectivity index (χ3v) is 3.77. The Labute approximate surface area is 113 Å². The van der Waals surface area contributed by atoms with Crippen molar-refractivity contribution in [3.63, 3.8) is 0 Å². The lowest BCUT2D eigenvalue weighted by molar-refractivity contribution is 0.298. The zero-order valence-electron chi connectivity index (χ0n) is 11.2. The normalized spacial score (nSPS) is 13.8. The number of hydrogen-bond acceptors (Lipinski definition) is 2. The molecule has 3 heteroatoms. The number of rotatable bonds is 5. The number of halogens is 1. The van der Waals surface area contributed by atoms with Gasteiger partial charge in [0.2, 0.25) is 0 Å². The Morgan fingerprint density at radius 3 is 2.59 bits per heavy atom. The minimum atomic E-state index is 0.155. The van der Waals surface area contributed by atoms with Gasteiger partial charge in [-0.15, -0.1) is 0 Å². The maximum Gasteiger partial charge on any atom is 0.0326 e. The van der Waals surface area contributed by atoms with E-state index < -0.39 is 0 Å². The molecule has 3 N–H and O–H groups in total. The molecule has 0 fully saturated rings. The third kappa shape index (κ3) is 4.09. The van der Waals surface area contributed by atoms with E-state index in [9.17, 15) is 0 Å². The first-order chi connectivity index (χ1) is 7.89. The molecule has 17 heavy (non-hydrogen) atoms. The summed E-state index contributed by atoms with van der Waals surface area (Å²) in [4.78, 5) is 0. The van der Waals surface area contributed by atoms with E-state index in [4.69, 9.17) is 5.73 Å². The lowest BCUT2D eigenvalue weighted by Crippen LogP contribution is -2.30. The van der Waals surface area contributed by atoms with Crippen LogP contribution in [-0.2, 0) is 0 Å². The molecule has 1 rings (SSSR count). The van der Waals surface area contributed by atoms with E-state index in [2.05, 4.69) is 60.2 Å². The standard InChI is InChI=1S/C14H23BrN2/c1-10-5-6-11(15)7-12(10)13(17-4)8-14(2,3)9-16/h5-7,13,17H,8-9,16H2,1-4H3. The van der Waals surface area contributed by atoms with Gasteiger partial charge in [0.1, 0.15) is 0 Å². The quantitative estimate of drug-likeness (QED) is 0.874. The van der Waals surface area contributed by atoms with Gasteiger partial charge in [0.15, 0.2) is 0 Å². The lowest BCUT2D eigenvalue weighted by atomic mass is 9.83. The van der Waals surface area contributed by atoms with E-state index in [0.29, 0.717) is 12.6 Å². The second kappa shape index (κ2) is 5.98. The zero-order valence-corrected chi connectivity index (χ0v) is 12.8. The Balaban J connectivity index is 2.97. The highest BCUT2D eigenvalue weighted by Gasteiger charge is 2.23. The number of hydrogen-bond donors (Lipinski definition) is 2. The van der Waals surface area contributed by atoms with Gasteiger partial charge in [-0.05, 0) is 55.6 Å². The highest BCUT2D eigenvalue weighted by molar-refractivity contribution is 9.10. The maximum absolute atomic E-state index is 5.82. The summed E-state index contributed by atoms with van der Waals surface area (Å²) in [5.41, 5.74) is 8.64. The largest absolute Gasteiger partial charge is 0.330 e. The molecule has 1 aromatic rings. The fraction of sp³-hybridized carbons (Fsp3) is 0.571. The first-order valence-electron chi connectivity index (χ1n) is 6.03. The minimum Gasteiger partial charge on any atom is -0.330 e. The van der Waals surface area contributed by atoms with Crippen molar-refractivity contribution in [2.24, 2.45) is 11.1 Å². The molecular formula is C14H23BrN2. The number of aryl methyl sites for hydroxylation is 1. The molecule has 0 aliphatic rings. The van der Waals surface area contributed by atoms with Crippen LogP contribution in [0.1, 0.15) is 37.4 Å². The van der Waals surface area contributed by atoms with Gasteiger partial charge < -0.3 is 11.1 Å². The Bertz CT molecular complexity index is 374. The fourth-order valence-corrected chi connectivity index (χ4v) is 2.37. The van der Waals surface area contributed by atoms with Crippen LogP contribution in [0.3, 0.4) is 0 Å². The van der Waals surface area contributed by atoms with E-state index in [1.165, 1.54) is 11.1 Å². The molecule has 1 atom stereocenters. The third-order valence-electron chi connectivity index (χ3n) is 3.27. The highest BCUT2D eigenvalue weighted by atomic mass is 79.9. The molecular weight excluding hydrogens is 276 g/mol. The van der Waals surface area contributed by atoms with Gasteiger partial charge in [0.05, 0.1) is 0 Å². The van der Waals surface area contributed by atoms with Gasteiger partial charge in [-0.3, -0.25) is 0 Å². The Hall–Kier alpha value is -0.380. The summed E-state index contributed by atoms with van der Waals surface area (Å²) in [5, 5.41) is 3.40. The number of nitrogens with two attached hydrogens (primary N) is 1. The average Bonchev–Trinajstić information content (AvgIpc) is 2.29. The summed E-state index contributed by atoms with van der Waals surface area (Å²) in [5.74, 6) is 0. The second-order valence-corrected chi connectivity index (χ2v) is 6.33. The van der Waals surface area contributed by atoms with Gasteiger partial charge >= 0.3 is 0 Å². The van der Waals surface area contributed by atoms with E-state index in [0.717, 1.165) is 10.9 Å². The van der Waals surface area contributed by atoms with Crippen LogP contribution >= 0.6 is 15.9 Å². The second-order valence-electron chi connectivity index (χ2n) is 5.41. The van der Waals surface area contributed by atoms with Crippen molar-refractivity contribution in [3.8, 4) is 0 Å². The van der Waals surface area contributed by atoms with E-state index in [-0.39, 0.29) is 5.41 Å². The SMILES string of the molecule is CNC(CC(C)(C)CN)c1cc(Br)ccc1C. The molecule has 0 aromatic heterocycles. The average molecular weight is 299 g/mol. The van der Waals surface area contributed by atoms with Crippen molar-refractivity contribution in [3.05, 3.63) is 33.8 Å². The molecule has 1 aromatic carbocycles. The molecule has 96 valence electrons. The van der Waals surface area contributed by atoms with Gasteiger partial charge in [0, 0.05) is 10.5 Å². The Morgan fingerprint density at radius 1 is 1.41 bits per heavy atom. The van der Waals surface area contributed by atoms with Crippen LogP contribution in [0.4, 0.5) is 0 Å². The lowest BCUT2D eigenvalue weighted by Gasteiger charge is -2.29. The summed E-state index contributed by atoms with van der Waals surface area (Å²) in [6, 6.07) is 6.79. The monoisotopic (exact) mass is 298 g/mol. The molecule has 0 aliphatic carbocycles. The van der Waals surface area contributed by atoms with E-state index in [1.54, 1.807) is 0 Å². The van der Waals surface area contributed by atoms with Crippen LogP contribution in [0.5, 0.6) is 0 Å². The summed E-state index contributed by atoms with van der Waals surface area (Å²) >= 11 is 3.54. The molecule has 0 saturated heterocycles. The van der Waals surface area contributed by atoms with Crippen LogP contribution < -0.4 is 11.1 Å². The van der Waals surface area contributed by atoms with Crippen molar-refractivity contribution < 1.29 is 0 Å². The Morgan fingerprint density at radius 2 is 2.06 bits per heavy atom. The van der Waals surface area contributed by atoms with Crippen LogP contribution in [0.15, 0.2) is 22.7 Å². The molecule has 0 aliphatic heterocycles. The fourth-order valence-electron chi connectivity index (χ4n) is 1.99. The minimum absolute atomic E-state index is 0.155. The van der Waals surface area contributed by atoms with Crippen molar-refractivity contribution >= 4 is 15.9 Å². The van der Waals surface area contributed by atoms with Gasteiger partial charge in [-0.25, -0.2) is 0 Å². The molecule has 0 amide bonds. The van der Waals surface area contributed by atoms with Crippen LogP contribution in [0, 0.1) is 12.3 Å². The molecule has 0 heterocycles. The maximum atomic E-state index is 5.82. The van der Waals surface area contributed by atoms with Crippen LogP contribution in [0.2, 0.25) is 0 Å². The number of benzene rings is 1. The van der Waals surface area contributed by atoms with E-state index >= 15 is 0 Å². The first kappa shape index (κ1) is 14.7. The van der Waals surface area contributed by atoms with Crippen molar-refractivity contribution in [2.45, 2.75) is 33.2 Å². The molecule has 1 unspecified atom stereocenters. The number of nitrogens with one attached hydrogen (secondary N) is 1. The summed E-state index contributed by atoms with van der Waals surface area (Å²) in [6.07, 6.45) is 1.04. The smallest absolute Gasteiger partial charge is 0.0326 e. The van der Waals surface area contributed by atoms with Crippen LogP contribution in [0.25, 0.3) is 0 Å². The van der Waals surface area contributed by atoms with Gasteiger partial charge in [0.25, 0.3) is 0 Å². The summed E-state index contributed by atoms with van der Waals surface area (Å²) in [7, 11) is 2.01. The van der Waals surface area contributed by atoms with Crippen molar-refractivity contribution in [2.75, 3.05) is 13.6 Å².